The maximum atomic E-state index is 14.2. The summed E-state index contributed by atoms with van der Waals surface area (Å²) in [5, 5.41) is 10.8. The number of halogens is 4. The average Bonchev–Trinajstić information content (AvgIpc) is 2.93. The molecular weight excluding hydrogens is 572 g/mol. The predicted molar refractivity (Wildman–Crippen MR) is 149 cm³/mol. The molecule has 0 radical (unpaired) electrons. The molecule has 0 aliphatic carbocycles. The van der Waals surface area contributed by atoms with Gasteiger partial charge in [0.05, 0.1) is 24.9 Å². The van der Waals surface area contributed by atoms with E-state index in [2.05, 4.69) is 14.9 Å². The Morgan fingerprint density at radius 2 is 1.95 bits per heavy atom. The second-order valence-corrected chi connectivity index (χ2v) is 12.3. The zero-order valence-corrected chi connectivity index (χ0v) is 24.3. The summed E-state index contributed by atoms with van der Waals surface area (Å²) < 4.78 is 65.5. The van der Waals surface area contributed by atoms with Crippen LogP contribution in [0, 0.1) is 11.2 Å². The quantitative estimate of drug-likeness (QED) is 0.433. The molecule has 4 heterocycles. The molecule has 10 nitrogen and oxygen atoms in total. The highest BCUT2D eigenvalue weighted by Crippen LogP contribution is 2.45. The molecular formula is C29H38F4N6O4. The van der Waals surface area contributed by atoms with Crippen LogP contribution in [0.25, 0.3) is 0 Å². The lowest BCUT2D eigenvalue weighted by Gasteiger charge is -2.55. The van der Waals surface area contributed by atoms with E-state index in [0.717, 1.165) is 44.5 Å². The molecule has 3 N–H and O–H groups in total. The summed E-state index contributed by atoms with van der Waals surface area (Å²) in [7, 11) is 0. The van der Waals surface area contributed by atoms with Gasteiger partial charge in [-0.3, -0.25) is 9.69 Å². The number of hydrogen-bond donors (Lipinski definition) is 2. The van der Waals surface area contributed by atoms with Crippen LogP contribution in [0.4, 0.5) is 23.4 Å². The lowest BCUT2D eigenvalue weighted by Crippen LogP contribution is -2.62. The first-order valence-corrected chi connectivity index (χ1v) is 14.5. The van der Waals surface area contributed by atoms with Gasteiger partial charge in [-0.15, -0.1) is 0 Å². The van der Waals surface area contributed by atoms with Gasteiger partial charge >= 0.3 is 6.18 Å². The Labute approximate surface area is 247 Å². The largest absolute Gasteiger partial charge is 0.451 e. The van der Waals surface area contributed by atoms with Gasteiger partial charge in [0.2, 0.25) is 0 Å². The molecule has 3 saturated heterocycles. The number of carbonyl (C=O) groups excluding carboxylic acids is 1. The Hall–Kier alpha value is -3.07. The van der Waals surface area contributed by atoms with Crippen molar-refractivity contribution in [2.24, 2.45) is 11.1 Å². The molecule has 1 aromatic carbocycles. The molecule has 0 bridgehead atoms. The summed E-state index contributed by atoms with van der Waals surface area (Å²) in [4.78, 5) is 26.5. The number of β-amino-alcohol motifs (C(OH)–C–C–N with tert-alkyl or cyclic N) is 1. The molecule has 0 unspecified atom stereocenters. The fourth-order valence-corrected chi connectivity index (χ4v) is 6.05. The van der Waals surface area contributed by atoms with E-state index in [1.54, 1.807) is 0 Å². The third kappa shape index (κ3) is 7.36. The number of piperidine rings is 1. The summed E-state index contributed by atoms with van der Waals surface area (Å²) in [5.74, 6) is -2.36. The Morgan fingerprint density at radius 3 is 2.58 bits per heavy atom. The van der Waals surface area contributed by atoms with Crippen molar-refractivity contribution in [3.63, 3.8) is 0 Å². The first kappa shape index (κ1) is 31.4. The van der Waals surface area contributed by atoms with Crippen molar-refractivity contribution < 1.29 is 36.9 Å². The van der Waals surface area contributed by atoms with E-state index < -0.39 is 36.3 Å². The molecule has 1 aromatic heterocycles. The van der Waals surface area contributed by atoms with E-state index in [0.29, 0.717) is 43.4 Å². The molecule has 5 rings (SSSR count). The highest BCUT2D eigenvalue weighted by atomic mass is 19.4. The minimum atomic E-state index is -4.63. The molecule has 2 aromatic rings. The standard InChI is InChI=1S/C29H38F4N6O4/c1-19(2)39(17-29(31,32)33)26(40)22-11-20(30)3-4-23(22)43-24-12-35-18-36-25(24)38-14-27(15-38)7-9-37(10-8-27)16-28(41)6-5-21(34)13-42-28/h3-4,11-12,18-19,21,41H,5-10,13-17,34H2,1-2H3/t21-,28-/m1/s1. The van der Waals surface area contributed by atoms with Crippen LogP contribution in [0.15, 0.2) is 30.7 Å². The van der Waals surface area contributed by atoms with Crippen molar-refractivity contribution in [1.29, 1.82) is 0 Å². The first-order valence-electron chi connectivity index (χ1n) is 14.5. The summed E-state index contributed by atoms with van der Waals surface area (Å²) in [5.41, 5.74) is 5.62. The van der Waals surface area contributed by atoms with E-state index in [1.807, 2.05) is 4.90 Å². The third-order valence-corrected chi connectivity index (χ3v) is 8.50. The lowest BCUT2D eigenvalue weighted by atomic mass is 9.72. The molecule has 1 amide bonds. The van der Waals surface area contributed by atoms with Crippen LogP contribution in [-0.2, 0) is 4.74 Å². The molecule has 0 saturated carbocycles. The topological polar surface area (TPSA) is 117 Å². The SMILES string of the molecule is CC(C)N(CC(F)(F)F)C(=O)c1cc(F)ccc1Oc1cncnc1N1CC2(CCN(C[C@@]3(O)CC[C@@H](N)CO3)CC2)C1. The van der Waals surface area contributed by atoms with Gasteiger partial charge in [-0.25, -0.2) is 14.4 Å². The van der Waals surface area contributed by atoms with E-state index >= 15 is 0 Å². The number of aromatic nitrogens is 2. The minimum Gasteiger partial charge on any atom is -0.451 e. The van der Waals surface area contributed by atoms with Gasteiger partial charge in [-0.2, -0.15) is 13.2 Å². The number of benzene rings is 1. The van der Waals surface area contributed by atoms with Crippen LogP contribution in [0.2, 0.25) is 0 Å². The van der Waals surface area contributed by atoms with E-state index in [1.165, 1.54) is 32.4 Å². The Kier molecular flexibility index (Phi) is 8.85. The van der Waals surface area contributed by atoms with Crippen molar-refractivity contribution in [3.05, 3.63) is 42.1 Å². The molecule has 236 valence electrons. The number of rotatable bonds is 8. The second-order valence-electron chi connectivity index (χ2n) is 12.3. The van der Waals surface area contributed by atoms with Gasteiger partial charge < -0.3 is 30.1 Å². The molecule has 3 fully saturated rings. The molecule has 43 heavy (non-hydrogen) atoms. The van der Waals surface area contributed by atoms with Crippen molar-refractivity contribution >= 4 is 11.7 Å². The van der Waals surface area contributed by atoms with Crippen LogP contribution in [0.5, 0.6) is 11.5 Å². The number of alkyl halides is 3. The number of nitrogens with two attached hydrogens (primary N) is 1. The Bertz CT molecular complexity index is 1290. The number of anilines is 1. The normalized spacial score (nSPS) is 24.2. The number of likely N-dealkylation sites (tertiary alicyclic amines) is 1. The molecule has 3 aliphatic heterocycles. The number of ether oxygens (including phenoxy) is 2. The van der Waals surface area contributed by atoms with E-state index in [-0.39, 0.29) is 28.5 Å². The van der Waals surface area contributed by atoms with Gasteiger partial charge in [-0.1, -0.05) is 0 Å². The molecule has 3 aliphatic rings. The summed E-state index contributed by atoms with van der Waals surface area (Å²) in [6, 6.07) is 2.34. The maximum absolute atomic E-state index is 14.2. The monoisotopic (exact) mass is 610 g/mol. The van der Waals surface area contributed by atoms with Gasteiger partial charge in [0.25, 0.3) is 5.91 Å². The Balaban J connectivity index is 1.25. The number of aliphatic hydroxyl groups is 1. The van der Waals surface area contributed by atoms with Crippen molar-refractivity contribution in [2.75, 3.05) is 50.8 Å². The maximum Gasteiger partial charge on any atom is 0.406 e. The smallest absolute Gasteiger partial charge is 0.406 e. The van der Waals surface area contributed by atoms with Gasteiger partial charge in [0, 0.05) is 37.0 Å². The fraction of sp³-hybridized carbons (Fsp3) is 0.621. The zero-order valence-electron chi connectivity index (χ0n) is 24.3. The zero-order chi connectivity index (χ0) is 31.0. The highest BCUT2D eigenvalue weighted by Gasteiger charge is 2.47. The van der Waals surface area contributed by atoms with Gasteiger partial charge in [0.15, 0.2) is 17.4 Å². The van der Waals surface area contributed by atoms with Crippen LogP contribution >= 0.6 is 0 Å². The number of hydrogen-bond acceptors (Lipinski definition) is 9. The van der Waals surface area contributed by atoms with E-state index in [9.17, 15) is 27.5 Å². The number of amides is 1. The molecule has 2 atom stereocenters. The molecule has 1 spiro atoms. The fourth-order valence-electron chi connectivity index (χ4n) is 6.05. The number of nitrogens with zero attached hydrogens (tertiary/aromatic N) is 5. The average molecular weight is 611 g/mol. The molecule has 14 heteroatoms. The van der Waals surface area contributed by atoms with Crippen molar-refractivity contribution in [2.45, 2.75) is 63.6 Å². The lowest BCUT2D eigenvalue weighted by molar-refractivity contribution is -0.238. The third-order valence-electron chi connectivity index (χ3n) is 8.50. The van der Waals surface area contributed by atoms with Gasteiger partial charge in [0.1, 0.15) is 24.4 Å². The van der Waals surface area contributed by atoms with Crippen LogP contribution in [0.1, 0.15) is 49.9 Å². The van der Waals surface area contributed by atoms with Crippen LogP contribution in [-0.4, -0.2) is 101 Å². The van der Waals surface area contributed by atoms with E-state index in [4.69, 9.17) is 15.2 Å². The predicted octanol–water partition coefficient (Wildman–Crippen LogP) is 3.55. The summed E-state index contributed by atoms with van der Waals surface area (Å²) >= 11 is 0. The van der Waals surface area contributed by atoms with Crippen LogP contribution < -0.4 is 15.4 Å². The van der Waals surface area contributed by atoms with Gasteiger partial charge in [-0.05, 0) is 64.4 Å². The summed E-state index contributed by atoms with van der Waals surface area (Å²) in [6.07, 6.45) is 1.23. The highest BCUT2D eigenvalue weighted by molar-refractivity contribution is 5.97. The first-order chi connectivity index (χ1) is 20.2. The minimum absolute atomic E-state index is 0.0409. The number of carbonyl (C=O) groups is 1. The van der Waals surface area contributed by atoms with Crippen LogP contribution in [0.3, 0.4) is 0 Å². The summed E-state index contributed by atoms with van der Waals surface area (Å²) in [6.45, 7) is 5.25. The van der Waals surface area contributed by atoms with Crippen molar-refractivity contribution in [1.82, 2.24) is 19.8 Å². The van der Waals surface area contributed by atoms with Crippen molar-refractivity contribution in [3.8, 4) is 11.5 Å². The Morgan fingerprint density at radius 1 is 1.23 bits per heavy atom. The second kappa shape index (κ2) is 12.1.